The number of aromatic nitrogens is 1. The van der Waals surface area contributed by atoms with E-state index in [1.54, 1.807) is 13.0 Å². The number of carboxylic acid groups (broad SMARTS) is 1. The molecule has 7 nitrogen and oxygen atoms in total. The predicted molar refractivity (Wildman–Crippen MR) is 61.5 cm³/mol. The SMILES string of the molecule is C#CCN(CC(=O)O)C(=O)NCc1cc(C)no1. The lowest BCUT2D eigenvalue weighted by Gasteiger charge is -2.17. The van der Waals surface area contributed by atoms with Crippen molar-refractivity contribution in [1.82, 2.24) is 15.4 Å². The summed E-state index contributed by atoms with van der Waals surface area (Å²) < 4.78 is 4.90. The van der Waals surface area contributed by atoms with Gasteiger partial charge >= 0.3 is 12.0 Å². The molecular formula is C11H13N3O4. The summed E-state index contributed by atoms with van der Waals surface area (Å²) in [5.41, 5.74) is 0.699. The Bertz CT molecular complexity index is 475. The maximum absolute atomic E-state index is 11.6. The molecule has 0 unspecified atom stereocenters. The van der Waals surface area contributed by atoms with E-state index in [-0.39, 0.29) is 13.1 Å². The van der Waals surface area contributed by atoms with Crippen LogP contribution < -0.4 is 5.32 Å². The van der Waals surface area contributed by atoms with Gasteiger partial charge in [0.25, 0.3) is 0 Å². The molecule has 0 aliphatic rings. The normalized spacial score (nSPS) is 9.56. The Morgan fingerprint density at radius 1 is 1.67 bits per heavy atom. The van der Waals surface area contributed by atoms with E-state index in [1.165, 1.54) is 0 Å². The summed E-state index contributed by atoms with van der Waals surface area (Å²) in [6.45, 7) is 1.35. The first-order chi connectivity index (χ1) is 8.52. The largest absolute Gasteiger partial charge is 0.480 e. The third-order valence-corrected chi connectivity index (χ3v) is 1.99. The van der Waals surface area contributed by atoms with Gasteiger partial charge in [0.15, 0.2) is 5.76 Å². The van der Waals surface area contributed by atoms with E-state index < -0.39 is 18.5 Å². The van der Waals surface area contributed by atoms with Gasteiger partial charge in [0.2, 0.25) is 0 Å². The van der Waals surface area contributed by atoms with Crippen molar-refractivity contribution in [3.63, 3.8) is 0 Å². The second-order valence-electron chi connectivity index (χ2n) is 3.55. The first kappa shape index (κ1) is 13.6. The minimum Gasteiger partial charge on any atom is -0.480 e. The predicted octanol–water partition coefficient (Wildman–Crippen LogP) is 0.212. The van der Waals surface area contributed by atoms with Gasteiger partial charge in [-0.3, -0.25) is 4.79 Å². The average Bonchev–Trinajstić information content (AvgIpc) is 2.71. The van der Waals surface area contributed by atoms with Crippen LogP contribution in [0, 0.1) is 19.3 Å². The van der Waals surface area contributed by atoms with Crippen LogP contribution in [0.15, 0.2) is 10.6 Å². The molecule has 0 aromatic carbocycles. The van der Waals surface area contributed by atoms with E-state index in [1.807, 2.05) is 0 Å². The highest BCUT2D eigenvalue weighted by atomic mass is 16.5. The van der Waals surface area contributed by atoms with E-state index in [0.29, 0.717) is 11.5 Å². The number of hydrogen-bond acceptors (Lipinski definition) is 4. The summed E-state index contributed by atoms with van der Waals surface area (Å²) in [5, 5.41) is 14.8. The van der Waals surface area contributed by atoms with Gasteiger partial charge in [-0.25, -0.2) is 4.79 Å². The summed E-state index contributed by atoms with van der Waals surface area (Å²) in [7, 11) is 0. The van der Waals surface area contributed by atoms with Gasteiger partial charge in [0.1, 0.15) is 6.54 Å². The van der Waals surface area contributed by atoms with E-state index >= 15 is 0 Å². The molecule has 0 bridgehead atoms. The minimum absolute atomic E-state index is 0.0758. The number of carbonyl (C=O) groups excluding carboxylic acids is 1. The molecule has 0 atom stereocenters. The van der Waals surface area contributed by atoms with Crippen molar-refractivity contribution in [2.24, 2.45) is 0 Å². The topological polar surface area (TPSA) is 95.7 Å². The van der Waals surface area contributed by atoms with Crippen LogP contribution in [-0.2, 0) is 11.3 Å². The number of rotatable bonds is 5. The van der Waals surface area contributed by atoms with Crippen LogP contribution in [-0.4, -0.2) is 40.3 Å². The Hall–Kier alpha value is -2.49. The third kappa shape index (κ3) is 4.17. The second kappa shape index (κ2) is 6.30. The molecule has 2 amide bonds. The number of hydrogen-bond donors (Lipinski definition) is 2. The van der Waals surface area contributed by atoms with Gasteiger partial charge < -0.3 is 19.8 Å². The molecule has 0 saturated heterocycles. The second-order valence-corrected chi connectivity index (χ2v) is 3.55. The van der Waals surface area contributed by atoms with Crippen LogP contribution in [0.3, 0.4) is 0 Å². The Morgan fingerprint density at radius 2 is 2.39 bits per heavy atom. The average molecular weight is 251 g/mol. The first-order valence-corrected chi connectivity index (χ1v) is 5.13. The smallest absolute Gasteiger partial charge is 0.323 e. The van der Waals surface area contributed by atoms with Gasteiger partial charge in [0.05, 0.1) is 18.8 Å². The molecule has 0 saturated carbocycles. The molecule has 1 aromatic heterocycles. The fraction of sp³-hybridized carbons (Fsp3) is 0.364. The van der Waals surface area contributed by atoms with E-state index in [2.05, 4.69) is 16.4 Å². The number of aliphatic carboxylic acids is 1. The highest BCUT2D eigenvalue weighted by molar-refractivity contribution is 5.80. The zero-order chi connectivity index (χ0) is 13.5. The van der Waals surface area contributed by atoms with Gasteiger partial charge in [-0.05, 0) is 6.92 Å². The molecule has 1 aromatic rings. The highest BCUT2D eigenvalue weighted by Gasteiger charge is 2.15. The van der Waals surface area contributed by atoms with Crippen LogP contribution in [0.1, 0.15) is 11.5 Å². The molecule has 0 aliphatic heterocycles. The third-order valence-electron chi connectivity index (χ3n) is 1.99. The number of urea groups is 1. The van der Waals surface area contributed by atoms with Gasteiger partial charge in [-0.15, -0.1) is 6.42 Å². The molecule has 1 heterocycles. The maximum Gasteiger partial charge on any atom is 0.323 e. The lowest BCUT2D eigenvalue weighted by molar-refractivity contribution is -0.137. The standard InChI is InChI=1S/C11H13N3O4/c1-3-4-14(7-10(15)16)11(17)12-6-9-5-8(2)13-18-9/h1,5H,4,6-7H2,2H3,(H,12,17)(H,15,16). The Labute approximate surface area is 104 Å². The molecule has 96 valence electrons. The van der Waals surface area contributed by atoms with Crippen molar-refractivity contribution in [2.45, 2.75) is 13.5 Å². The van der Waals surface area contributed by atoms with Crippen LogP contribution >= 0.6 is 0 Å². The summed E-state index contributed by atoms with van der Waals surface area (Å²) in [6.07, 6.45) is 5.06. The summed E-state index contributed by atoms with van der Waals surface area (Å²) in [4.78, 5) is 23.2. The van der Waals surface area contributed by atoms with E-state index in [0.717, 1.165) is 4.90 Å². The number of carboxylic acids is 1. The van der Waals surface area contributed by atoms with Crippen molar-refractivity contribution in [3.8, 4) is 12.3 Å². The lowest BCUT2D eigenvalue weighted by atomic mass is 10.4. The Balaban J connectivity index is 2.51. The van der Waals surface area contributed by atoms with Gasteiger partial charge in [-0.1, -0.05) is 11.1 Å². The van der Waals surface area contributed by atoms with Gasteiger partial charge in [-0.2, -0.15) is 0 Å². The zero-order valence-electron chi connectivity index (χ0n) is 9.84. The number of terminal acetylenes is 1. The molecular weight excluding hydrogens is 238 g/mol. The molecule has 7 heteroatoms. The molecule has 0 aliphatic carbocycles. The van der Waals surface area contributed by atoms with Crippen LogP contribution in [0.5, 0.6) is 0 Å². The summed E-state index contributed by atoms with van der Waals surface area (Å²) in [5.74, 6) is 1.58. The molecule has 0 spiro atoms. The minimum atomic E-state index is -1.13. The molecule has 1 rings (SSSR count). The van der Waals surface area contributed by atoms with Crippen molar-refractivity contribution < 1.29 is 19.2 Å². The summed E-state index contributed by atoms with van der Waals surface area (Å²) >= 11 is 0. The van der Waals surface area contributed by atoms with Crippen molar-refractivity contribution in [1.29, 1.82) is 0 Å². The number of amides is 2. The molecule has 2 N–H and O–H groups in total. The van der Waals surface area contributed by atoms with E-state index in [4.69, 9.17) is 16.1 Å². The van der Waals surface area contributed by atoms with Crippen molar-refractivity contribution in [3.05, 3.63) is 17.5 Å². The maximum atomic E-state index is 11.6. The van der Waals surface area contributed by atoms with E-state index in [9.17, 15) is 9.59 Å². The number of aryl methyl sites for hydroxylation is 1. The Kier molecular flexibility index (Phi) is 4.75. The zero-order valence-corrected chi connectivity index (χ0v) is 9.84. The number of nitrogens with zero attached hydrogens (tertiary/aromatic N) is 2. The number of nitrogens with one attached hydrogen (secondary N) is 1. The molecule has 0 radical (unpaired) electrons. The van der Waals surface area contributed by atoms with Crippen molar-refractivity contribution >= 4 is 12.0 Å². The lowest BCUT2D eigenvalue weighted by Crippen LogP contribution is -2.42. The summed E-state index contributed by atoms with van der Waals surface area (Å²) in [6, 6.07) is 1.10. The van der Waals surface area contributed by atoms with Crippen LogP contribution in [0.2, 0.25) is 0 Å². The van der Waals surface area contributed by atoms with Crippen LogP contribution in [0.4, 0.5) is 4.79 Å². The van der Waals surface area contributed by atoms with Crippen LogP contribution in [0.25, 0.3) is 0 Å². The molecule has 0 fully saturated rings. The monoisotopic (exact) mass is 251 g/mol. The fourth-order valence-electron chi connectivity index (χ4n) is 1.25. The quantitative estimate of drug-likeness (QED) is 0.729. The van der Waals surface area contributed by atoms with Gasteiger partial charge in [0, 0.05) is 6.07 Å². The molecule has 18 heavy (non-hydrogen) atoms. The first-order valence-electron chi connectivity index (χ1n) is 5.13. The Morgan fingerprint density at radius 3 is 2.89 bits per heavy atom. The highest BCUT2D eigenvalue weighted by Crippen LogP contribution is 2.01. The van der Waals surface area contributed by atoms with Crippen molar-refractivity contribution in [2.75, 3.05) is 13.1 Å². The fourth-order valence-corrected chi connectivity index (χ4v) is 1.25. The number of carbonyl (C=O) groups is 2.